The Morgan fingerprint density at radius 3 is 1.38 bits per heavy atom. The molecule has 0 saturated heterocycles. The van der Waals surface area contributed by atoms with E-state index < -0.39 is 0 Å². The summed E-state index contributed by atoms with van der Waals surface area (Å²) in [5.41, 5.74) is 0. The molecule has 0 aliphatic heterocycles. The molecule has 2 N–H and O–H groups in total. The minimum absolute atomic E-state index is 0.0679. The van der Waals surface area contributed by atoms with Crippen molar-refractivity contribution in [2.75, 3.05) is 14.1 Å². The summed E-state index contributed by atoms with van der Waals surface area (Å²) in [5.74, 6) is 0.344. The summed E-state index contributed by atoms with van der Waals surface area (Å²) in [6, 6.07) is -0.0679. The van der Waals surface area contributed by atoms with E-state index >= 15 is 0 Å². The van der Waals surface area contributed by atoms with Crippen LogP contribution in [0, 0.1) is 0 Å². The third-order valence-electron chi connectivity index (χ3n) is 5.39. The average Bonchev–Trinajstić information content (AvgIpc) is 2.62. The third-order valence-corrected chi connectivity index (χ3v) is 5.39. The Morgan fingerprint density at radius 1 is 0.654 bits per heavy atom. The van der Waals surface area contributed by atoms with Crippen molar-refractivity contribution in [2.24, 2.45) is 0 Å². The molecule has 0 amide bonds. The molecule has 3 nitrogen and oxygen atoms in total. The van der Waals surface area contributed by atoms with Gasteiger partial charge in [0.05, 0.1) is 6.04 Å². The standard InChI is InChI=1S/C23H47NO2/c1-5-7-8-9-10-11-12-13-14-15-16-17-18-19-20-22(25)23(26)21(6-2)24(3)4/h21,25-26H,5-20H2,1-4H3. The van der Waals surface area contributed by atoms with Crippen molar-refractivity contribution in [3.63, 3.8) is 0 Å². The normalized spacial score (nSPS) is 13.9. The van der Waals surface area contributed by atoms with Gasteiger partial charge >= 0.3 is 0 Å². The minimum Gasteiger partial charge on any atom is -0.509 e. The molecule has 0 saturated carbocycles. The summed E-state index contributed by atoms with van der Waals surface area (Å²) < 4.78 is 0. The molecule has 3 heteroatoms. The zero-order chi connectivity index (χ0) is 19.6. The average molecular weight is 370 g/mol. The molecule has 156 valence electrons. The van der Waals surface area contributed by atoms with E-state index in [1.165, 1.54) is 77.0 Å². The van der Waals surface area contributed by atoms with Crippen molar-refractivity contribution in [1.29, 1.82) is 0 Å². The molecular weight excluding hydrogens is 322 g/mol. The molecule has 0 radical (unpaired) electrons. The monoisotopic (exact) mass is 369 g/mol. The fourth-order valence-corrected chi connectivity index (χ4v) is 3.61. The number of allylic oxidation sites excluding steroid dienone is 1. The number of rotatable bonds is 18. The van der Waals surface area contributed by atoms with Gasteiger partial charge in [-0.2, -0.15) is 0 Å². The van der Waals surface area contributed by atoms with Crippen molar-refractivity contribution >= 4 is 0 Å². The van der Waals surface area contributed by atoms with E-state index in [0.717, 1.165) is 19.3 Å². The predicted molar refractivity (Wildman–Crippen MR) is 115 cm³/mol. The number of hydrogen-bond donors (Lipinski definition) is 2. The molecule has 0 fully saturated rings. The molecule has 26 heavy (non-hydrogen) atoms. The van der Waals surface area contributed by atoms with Crippen LogP contribution in [0.5, 0.6) is 0 Å². The van der Waals surface area contributed by atoms with Crippen LogP contribution in [0.1, 0.15) is 117 Å². The lowest BCUT2D eigenvalue weighted by atomic mass is 10.0. The van der Waals surface area contributed by atoms with Crippen molar-refractivity contribution in [3.05, 3.63) is 11.5 Å². The summed E-state index contributed by atoms with van der Waals surface area (Å²) in [6.45, 7) is 4.30. The molecule has 0 bridgehead atoms. The highest BCUT2D eigenvalue weighted by Crippen LogP contribution is 2.18. The summed E-state index contributed by atoms with van der Waals surface area (Å²) in [7, 11) is 3.87. The van der Waals surface area contributed by atoms with Crippen LogP contribution in [0.4, 0.5) is 0 Å². The maximum Gasteiger partial charge on any atom is 0.147 e. The number of aliphatic hydroxyl groups excluding tert-OH is 2. The van der Waals surface area contributed by atoms with Gasteiger partial charge in [0.15, 0.2) is 0 Å². The van der Waals surface area contributed by atoms with Gasteiger partial charge in [0.1, 0.15) is 11.5 Å². The molecule has 0 aromatic heterocycles. The largest absolute Gasteiger partial charge is 0.509 e. The summed E-state index contributed by atoms with van der Waals surface area (Å²) in [4.78, 5) is 1.96. The van der Waals surface area contributed by atoms with Crippen LogP contribution in [0.2, 0.25) is 0 Å². The Hall–Kier alpha value is -0.700. The molecule has 0 aromatic carbocycles. The molecule has 0 aliphatic carbocycles. The van der Waals surface area contributed by atoms with Crippen LogP contribution >= 0.6 is 0 Å². The Morgan fingerprint density at radius 2 is 1.04 bits per heavy atom. The molecule has 0 heterocycles. The molecule has 1 atom stereocenters. The summed E-state index contributed by atoms with van der Waals surface area (Å²) >= 11 is 0. The summed E-state index contributed by atoms with van der Waals surface area (Å²) in [5, 5.41) is 20.2. The van der Waals surface area contributed by atoms with Gasteiger partial charge < -0.3 is 10.2 Å². The Bertz CT molecular complexity index is 339. The maximum atomic E-state index is 10.1. The van der Waals surface area contributed by atoms with Gasteiger partial charge in [-0.25, -0.2) is 0 Å². The Kier molecular flexibility index (Phi) is 17.2. The highest BCUT2D eigenvalue weighted by Gasteiger charge is 2.17. The van der Waals surface area contributed by atoms with Crippen LogP contribution < -0.4 is 0 Å². The Labute approximate surface area is 163 Å². The first-order chi connectivity index (χ1) is 12.5. The molecule has 0 aliphatic rings. The van der Waals surface area contributed by atoms with Crippen molar-refractivity contribution in [3.8, 4) is 0 Å². The van der Waals surface area contributed by atoms with Crippen molar-refractivity contribution < 1.29 is 10.2 Å². The second-order valence-electron chi connectivity index (χ2n) is 8.07. The van der Waals surface area contributed by atoms with E-state index in [-0.39, 0.29) is 17.6 Å². The van der Waals surface area contributed by atoms with Gasteiger partial charge in [-0.15, -0.1) is 0 Å². The maximum absolute atomic E-state index is 10.1. The second kappa shape index (κ2) is 17.7. The SMILES string of the molecule is CCCCCCCCCCCCCCCCC(O)=C(O)C(CC)N(C)C. The fraction of sp³-hybridized carbons (Fsp3) is 0.913. The van der Waals surface area contributed by atoms with Crippen LogP contribution in [-0.2, 0) is 0 Å². The highest BCUT2D eigenvalue weighted by atomic mass is 16.3. The lowest BCUT2D eigenvalue weighted by Gasteiger charge is -2.22. The number of unbranched alkanes of at least 4 members (excludes halogenated alkanes) is 13. The number of hydrogen-bond acceptors (Lipinski definition) is 3. The zero-order valence-electron chi connectivity index (χ0n) is 18.2. The molecule has 1 unspecified atom stereocenters. The lowest BCUT2D eigenvalue weighted by molar-refractivity contribution is 0.207. The van der Waals surface area contributed by atoms with E-state index in [0.29, 0.717) is 6.42 Å². The van der Waals surface area contributed by atoms with Gasteiger partial charge in [-0.1, -0.05) is 97.3 Å². The Balaban J connectivity index is 3.50. The van der Waals surface area contributed by atoms with Crippen LogP contribution in [0.25, 0.3) is 0 Å². The van der Waals surface area contributed by atoms with Gasteiger partial charge in [-0.05, 0) is 26.9 Å². The van der Waals surface area contributed by atoms with Gasteiger partial charge in [0.25, 0.3) is 0 Å². The van der Waals surface area contributed by atoms with E-state index in [4.69, 9.17) is 0 Å². The first kappa shape index (κ1) is 25.3. The number of likely N-dealkylation sites (N-methyl/N-ethyl adjacent to an activating group) is 1. The molecule has 0 rings (SSSR count). The number of nitrogens with zero attached hydrogens (tertiary/aromatic N) is 1. The quantitative estimate of drug-likeness (QED) is 0.194. The number of aliphatic hydroxyl groups is 2. The van der Waals surface area contributed by atoms with Crippen LogP contribution in [-0.4, -0.2) is 35.3 Å². The van der Waals surface area contributed by atoms with Gasteiger partial charge in [-0.3, -0.25) is 4.90 Å². The van der Waals surface area contributed by atoms with Crippen LogP contribution in [0.3, 0.4) is 0 Å². The van der Waals surface area contributed by atoms with Gasteiger partial charge in [0, 0.05) is 6.42 Å². The molecule has 0 aromatic rings. The minimum atomic E-state index is -0.0679. The topological polar surface area (TPSA) is 43.7 Å². The van der Waals surface area contributed by atoms with E-state index in [2.05, 4.69) is 6.92 Å². The fourth-order valence-electron chi connectivity index (χ4n) is 3.61. The molecular formula is C23H47NO2. The lowest BCUT2D eigenvalue weighted by Crippen LogP contribution is -2.30. The third kappa shape index (κ3) is 13.5. The van der Waals surface area contributed by atoms with E-state index in [9.17, 15) is 10.2 Å². The van der Waals surface area contributed by atoms with Gasteiger partial charge in [0.2, 0.25) is 0 Å². The van der Waals surface area contributed by atoms with Crippen molar-refractivity contribution in [2.45, 2.75) is 123 Å². The predicted octanol–water partition coefficient (Wildman–Crippen LogP) is 7.53. The first-order valence-corrected chi connectivity index (χ1v) is 11.3. The van der Waals surface area contributed by atoms with Crippen molar-refractivity contribution in [1.82, 2.24) is 4.90 Å². The second-order valence-corrected chi connectivity index (χ2v) is 8.07. The smallest absolute Gasteiger partial charge is 0.147 e. The molecule has 0 spiro atoms. The van der Waals surface area contributed by atoms with Crippen LogP contribution in [0.15, 0.2) is 11.5 Å². The first-order valence-electron chi connectivity index (χ1n) is 11.3. The van der Waals surface area contributed by atoms with E-state index in [1.54, 1.807) is 0 Å². The summed E-state index contributed by atoms with van der Waals surface area (Å²) in [6.07, 6.45) is 20.1. The van der Waals surface area contributed by atoms with E-state index in [1.807, 2.05) is 25.9 Å². The highest BCUT2D eigenvalue weighted by molar-refractivity contribution is 5.06. The zero-order valence-corrected chi connectivity index (χ0v) is 18.2.